The van der Waals surface area contributed by atoms with Crippen molar-refractivity contribution in [3.8, 4) is 0 Å². The lowest BCUT2D eigenvalue weighted by molar-refractivity contribution is -0.152. The quantitative estimate of drug-likeness (QED) is 0.511. The van der Waals surface area contributed by atoms with Gasteiger partial charge in [0.2, 0.25) is 5.78 Å². The number of fused-ring (bicyclic) bond motifs is 1. The molecule has 0 saturated carbocycles. The van der Waals surface area contributed by atoms with Crippen molar-refractivity contribution in [2.24, 2.45) is 5.92 Å². The molecule has 1 amide bonds. The van der Waals surface area contributed by atoms with Crippen LogP contribution in [-0.2, 0) is 9.53 Å². The number of hydrogen-bond donors (Lipinski definition) is 1. The number of para-hydroxylation sites is 1. The van der Waals surface area contributed by atoms with E-state index in [4.69, 9.17) is 4.74 Å². The molecule has 29 heavy (non-hydrogen) atoms. The molecule has 4 rings (SSSR count). The third-order valence-corrected chi connectivity index (χ3v) is 6.22. The first-order valence-electron chi connectivity index (χ1n) is 9.68. The maximum Gasteiger partial charge on any atom is 0.309 e. The zero-order valence-corrected chi connectivity index (χ0v) is 16.9. The van der Waals surface area contributed by atoms with E-state index in [1.54, 1.807) is 18.0 Å². The van der Waals surface area contributed by atoms with Gasteiger partial charge in [0.05, 0.1) is 10.8 Å². The highest BCUT2D eigenvalue weighted by atomic mass is 32.1. The van der Waals surface area contributed by atoms with Gasteiger partial charge in [-0.3, -0.25) is 14.4 Å². The second kappa shape index (κ2) is 8.21. The van der Waals surface area contributed by atoms with Crippen LogP contribution in [0, 0.1) is 5.92 Å². The number of nitrogens with one attached hydrogen (secondary N) is 1. The lowest BCUT2D eigenvalue weighted by Crippen LogP contribution is -2.41. The Labute approximate surface area is 172 Å². The van der Waals surface area contributed by atoms with Crippen LogP contribution >= 0.6 is 11.3 Å². The van der Waals surface area contributed by atoms with Crippen molar-refractivity contribution in [1.82, 2.24) is 9.88 Å². The number of likely N-dealkylation sites (tertiary alicyclic amines) is 1. The number of aromatic nitrogens is 1. The number of thiophene rings is 1. The van der Waals surface area contributed by atoms with Crippen molar-refractivity contribution in [3.63, 3.8) is 0 Å². The van der Waals surface area contributed by atoms with Gasteiger partial charge in [-0.2, -0.15) is 0 Å². The van der Waals surface area contributed by atoms with Crippen LogP contribution in [0.4, 0.5) is 0 Å². The number of benzene rings is 1. The van der Waals surface area contributed by atoms with Crippen molar-refractivity contribution in [1.29, 1.82) is 0 Å². The van der Waals surface area contributed by atoms with Gasteiger partial charge in [-0.05, 0) is 37.3 Å². The smallest absolute Gasteiger partial charge is 0.309 e. The van der Waals surface area contributed by atoms with Crippen molar-refractivity contribution < 1.29 is 19.1 Å². The number of carbonyl (C=O) groups excluding carboxylic acids is 3. The molecule has 150 valence electrons. The van der Waals surface area contributed by atoms with Crippen LogP contribution in [0.25, 0.3) is 10.9 Å². The fourth-order valence-corrected chi connectivity index (χ4v) is 4.38. The van der Waals surface area contributed by atoms with Gasteiger partial charge in [0, 0.05) is 35.8 Å². The second-order valence-electron chi connectivity index (χ2n) is 7.24. The molecule has 0 bridgehead atoms. The van der Waals surface area contributed by atoms with Gasteiger partial charge in [0.1, 0.15) is 0 Å². The molecule has 0 spiro atoms. The molecule has 1 atom stereocenters. The number of ketones is 1. The Bertz CT molecular complexity index is 1030. The number of aromatic amines is 1. The molecule has 1 aliphatic heterocycles. The van der Waals surface area contributed by atoms with E-state index in [1.165, 1.54) is 11.3 Å². The van der Waals surface area contributed by atoms with E-state index in [2.05, 4.69) is 4.98 Å². The maximum absolute atomic E-state index is 12.8. The molecule has 1 aromatic carbocycles. The SMILES string of the molecule is C[C@H](OC(=O)C1CCN(C(=O)c2cccs2)CC1)C(=O)c1c[nH]c2ccccc12. The van der Waals surface area contributed by atoms with E-state index in [-0.39, 0.29) is 23.6 Å². The summed E-state index contributed by atoms with van der Waals surface area (Å²) in [7, 11) is 0. The number of hydrogen-bond acceptors (Lipinski definition) is 5. The second-order valence-corrected chi connectivity index (χ2v) is 8.18. The molecule has 1 fully saturated rings. The molecule has 3 aromatic rings. The van der Waals surface area contributed by atoms with Gasteiger partial charge in [0.25, 0.3) is 5.91 Å². The third kappa shape index (κ3) is 3.96. The summed E-state index contributed by atoms with van der Waals surface area (Å²) in [5, 5.41) is 2.70. The van der Waals surface area contributed by atoms with E-state index in [9.17, 15) is 14.4 Å². The van der Waals surface area contributed by atoms with Gasteiger partial charge in [-0.15, -0.1) is 11.3 Å². The highest BCUT2D eigenvalue weighted by molar-refractivity contribution is 7.12. The average Bonchev–Trinajstić information content (AvgIpc) is 3.43. The van der Waals surface area contributed by atoms with Crippen molar-refractivity contribution in [2.45, 2.75) is 25.9 Å². The first-order chi connectivity index (χ1) is 14.0. The highest BCUT2D eigenvalue weighted by Gasteiger charge is 2.31. The zero-order valence-electron chi connectivity index (χ0n) is 16.1. The van der Waals surface area contributed by atoms with Crippen LogP contribution in [0.1, 0.15) is 39.8 Å². The van der Waals surface area contributed by atoms with Gasteiger partial charge in [0.15, 0.2) is 6.10 Å². The van der Waals surface area contributed by atoms with Crippen LogP contribution < -0.4 is 0 Å². The summed E-state index contributed by atoms with van der Waals surface area (Å²) in [6, 6.07) is 11.2. The monoisotopic (exact) mass is 410 g/mol. The van der Waals surface area contributed by atoms with E-state index in [1.807, 2.05) is 41.8 Å². The molecule has 1 N–H and O–H groups in total. The molecule has 3 heterocycles. The van der Waals surface area contributed by atoms with Gasteiger partial charge in [-0.25, -0.2) is 0 Å². The van der Waals surface area contributed by atoms with Crippen molar-refractivity contribution in [2.75, 3.05) is 13.1 Å². The lowest BCUT2D eigenvalue weighted by atomic mass is 9.96. The molecule has 1 aliphatic rings. The summed E-state index contributed by atoms with van der Waals surface area (Å²) in [5.41, 5.74) is 1.40. The number of rotatable bonds is 5. The molecule has 0 radical (unpaired) electrons. The van der Waals surface area contributed by atoms with Gasteiger partial charge < -0.3 is 14.6 Å². The zero-order chi connectivity index (χ0) is 20.4. The van der Waals surface area contributed by atoms with E-state index < -0.39 is 6.10 Å². The number of piperidine rings is 1. The predicted molar refractivity (Wildman–Crippen MR) is 111 cm³/mol. The molecular formula is C22H22N2O4S. The Balaban J connectivity index is 1.33. The van der Waals surface area contributed by atoms with Gasteiger partial charge in [-0.1, -0.05) is 24.3 Å². The molecule has 7 heteroatoms. The third-order valence-electron chi connectivity index (χ3n) is 5.36. The summed E-state index contributed by atoms with van der Waals surface area (Å²) in [4.78, 5) is 43.3. The van der Waals surface area contributed by atoms with Crippen molar-refractivity contribution in [3.05, 3.63) is 58.4 Å². The average molecular weight is 410 g/mol. The summed E-state index contributed by atoms with van der Waals surface area (Å²) >= 11 is 1.42. The van der Waals surface area contributed by atoms with Crippen LogP contribution in [0.15, 0.2) is 48.0 Å². The fourth-order valence-electron chi connectivity index (χ4n) is 3.69. The topological polar surface area (TPSA) is 79.5 Å². The summed E-state index contributed by atoms with van der Waals surface area (Å²) in [6.45, 7) is 2.64. The standard InChI is InChI=1S/C22H22N2O4S/c1-14(20(25)17-13-23-18-6-3-2-5-16(17)18)28-22(27)15-8-10-24(11-9-15)21(26)19-7-4-12-29-19/h2-7,12-15,23H,8-11H2,1H3/t14-/m0/s1. The molecular weight excluding hydrogens is 388 g/mol. The van der Waals surface area contributed by atoms with E-state index in [0.717, 1.165) is 10.9 Å². The van der Waals surface area contributed by atoms with Crippen LogP contribution in [0.5, 0.6) is 0 Å². The Morgan fingerprint density at radius 2 is 1.90 bits per heavy atom. The first-order valence-corrected chi connectivity index (χ1v) is 10.6. The van der Waals surface area contributed by atoms with Crippen LogP contribution in [0.2, 0.25) is 0 Å². The Morgan fingerprint density at radius 1 is 1.14 bits per heavy atom. The maximum atomic E-state index is 12.8. The fraction of sp³-hybridized carbons (Fsp3) is 0.318. The van der Waals surface area contributed by atoms with Gasteiger partial charge >= 0.3 is 5.97 Å². The minimum absolute atomic E-state index is 0.00898. The Hall–Kier alpha value is -2.93. The Kier molecular flexibility index (Phi) is 5.49. The summed E-state index contributed by atoms with van der Waals surface area (Å²) in [6.07, 6.45) is 1.90. The molecule has 0 unspecified atom stereocenters. The van der Waals surface area contributed by atoms with Crippen molar-refractivity contribution >= 4 is 39.9 Å². The number of Topliss-reactive ketones (excluding diaryl/α,β-unsaturated/α-hetero) is 1. The number of amides is 1. The number of nitrogens with zero attached hydrogens (tertiary/aromatic N) is 1. The van der Waals surface area contributed by atoms with Crippen LogP contribution in [-0.4, -0.2) is 46.7 Å². The normalized spacial score (nSPS) is 16.0. The first kappa shape index (κ1) is 19.4. The number of carbonyl (C=O) groups is 3. The Morgan fingerprint density at radius 3 is 2.62 bits per heavy atom. The predicted octanol–water partition coefficient (Wildman–Crippen LogP) is 3.90. The highest BCUT2D eigenvalue weighted by Crippen LogP contribution is 2.24. The number of ether oxygens (including phenoxy) is 1. The minimum atomic E-state index is -0.854. The molecule has 6 nitrogen and oxygen atoms in total. The van der Waals surface area contributed by atoms with E-state index in [0.29, 0.717) is 36.4 Å². The molecule has 0 aliphatic carbocycles. The minimum Gasteiger partial charge on any atom is -0.454 e. The molecule has 1 saturated heterocycles. The number of H-pyrrole nitrogens is 1. The largest absolute Gasteiger partial charge is 0.454 e. The molecule has 2 aromatic heterocycles. The van der Waals surface area contributed by atoms with E-state index >= 15 is 0 Å². The lowest BCUT2D eigenvalue weighted by Gasteiger charge is -2.31. The number of esters is 1. The summed E-state index contributed by atoms with van der Waals surface area (Å²) in [5.74, 6) is -0.870. The summed E-state index contributed by atoms with van der Waals surface area (Å²) < 4.78 is 5.49. The van der Waals surface area contributed by atoms with Crippen LogP contribution in [0.3, 0.4) is 0 Å².